The van der Waals surface area contributed by atoms with E-state index in [0.29, 0.717) is 11.8 Å². The highest BCUT2D eigenvalue weighted by Gasteiger charge is 2.28. The first kappa shape index (κ1) is 13.3. The molecule has 1 aromatic heterocycles. The van der Waals surface area contributed by atoms with Gasteiger partial charge in [0.1, 0.15) is 11.0 Å². The van der Waals surface area contributed by atoms with Gasteiger partial charge >= 0.3 is 0 Å². The summed E-state index contributed by atoms with van der Waals surface area (Å²) >= 11 is 1.60. The van der Waals surface area contributed by atoms with Gasteiger partial charge in [-0.3, -0.25) is 4.79 Å². The number of thioether (sulfide) groups is 1. The summed E-state index contributed by atoms with van der Waals surface area (Å²) in [5, 5.41) is 2.91. The predicted octanol–water partition coefficient (Wildman–Crippen LogP) is 3.53. The Balaban J connectivity index is 1.70. The summed E-state index contributed by atoms with van der Waals surface area (Å²) in [7, 11) is 0. The van der Waals surface area contributed by atoms with Gasteiger partial charge in [0.05, 0.1) is 12.0 Å². The van der Waals surface area contributed by atoms with Crippen molar-refractivity contribution in [3.8, 4) is 0 Å². The molecular formula is C16H17NO2S. The Morgan fingerprint density at radius 3 is 2.70 bits per heavy atom. The Kier molecular flexibility index (Phi) is 4.11. The molecule has 1 fully saturated rings. The molecule has 1 aliphatic carbocycles. The Morgan fingerprint density at radius 2 is 2.05 bits per heavy atom. The zero-order valence-corrected chi connectivity index (χ0v) is 11.9. The van der Waals surface area contributed by atoms with E-state index in [4.69, 9.17) is 4.42 Å². The largest absolute Gasteiger partial charge is 0.468 e. The minimum Gasteiger partial charge on any atom is -0.468 e. The summed E-state index contributed by atoms with van der Waals surface area (Å²) in [6.07, 6.45) is 3.88. The monoisotopic (exact) mass is 287 g/mol. The van der Waals surface area contributed by atoms with E-state index in [1.807, 2.05) is 42.5 Å². The zero-order valence-electron chi connectivity index (χ0n) is 11.1. The van der Waals surface area contributed by atoms with Crippen LogP contribution in [0.1, 0.15) is 29.4 Å². The van der Waals surface area contributed by atoms with Crippen molar-refractivity contribution < 1.29 is 9.21 Å². The van der Waals surface area contributed by atoms with Gasteiger partial charge in [0.15, 0.2) is 0 Å². The molecule has 104 valence electrons. The van der Waals surface area contributed by atoms with Crippen molar-refractivity contribution in [2.24, 2.45) is 0 Å². The average Bonchev–Trinajstić information content (AvgIpc) is 3.13. The van der Waals surface area contributed by atoms with Crippen LogP contribution < -0.4 is 5.32 Å². The van der Waals surface area contributed by atoms with E-state index in [1.54, 1.807) is 18.0 Å². The molecule has 0 radical (unpaired) electrons. The van der Waals surface area contributed by atoms with Crippen LogP contribution in [-0.2, 0) is 10.5 Å². The molecule has 0 bridgehead atoms. The third-order valence-corrected chi connectivity index (χ3v) is 4.51. The second kappa shape index (κ2) is 6.18. The van der Waals surface area contributed by atoms with Gasteiger partial charge in [-0.15, -0.1) is 11.8 Å². The van der Waals surface area contributed by atoms with Crippen molar-refractivity contribution in [3.63, 3.8) is 0 Å². The molecule has 0 spiro atoms. The fraction of sp³-hybridized carbons (Fsp3) is 0.312. The molecule has 2 aromatic rings. The molecule has 20 heavy (non-hydrogen) atoms. The molecule has 1 atom stereocenters. The van der Waals surface area contributed by atoms with Crippen LogP contribution in [0.3, 0.4) is 0 Å². The van der Waals surface area contributed by atoms with Crippen LogP contribution in [0.25, 0.3) is 0 Å². The number of amides is 1. The van der Waals surface area contributed by atoms with E-state index in [9.17, 15) is 4.79 Å². The van der Waals surface area contributed by atoms with E-state index >= 15 is 0 Å². The molecular weight excluding hydrogens is 270 g/mol. The molecule has 4 heteroatoms. The third-order valence-electron chi connectivity index (χ3n) is 3.24. The number of carbonyl (C=O) groups is 1. The van der Waals surface area contributed by atoms with Crippen molar-refractivity contribution in [2.45, 2.75) is 29.9 Å². The Bertz CT molecular complexity index is 549. The van der Waals surface area contributed by atoms with Crippen molar-refractivity contribution >= 4 is 17.7 Å². The van der Waals surface area contributed by atoms with E-state index < -0.39 is 0 Å². The second-order valence-electron chi connectivity index (χ2n) is 4.96. The third kappa shape index (κ3) is 3.45. The molecule has 1 amide bonds. The molecule has 1 aliphatic rings. The fourth-order valence-electron chi connectivity index (χ4n) is 2.02. The quantitative estimate of drug-likeness (QED) is 0.883. The SMILES string of the molecule is O=C(NC1CC1)[C@@H](SCc1ccco1)c1ccccc1. The lowest BCUT2D eigenvalue weighted by molar-refractivity contribution is -0.120. The fourth-order valence-corrected chi connectivity index (χ4v) is 3.08. The van der Waals surface area contributed by atoms with Crippen LogP contribution in [0.2, 0.25) is 0 Å². The molecule has 1 aromatic carbocycles. The first-order chi connectivity index (χ1) is 9.83. The Hall–Kier alpha value is -1.68. The number of rotatable bonds is 6. The van der Waals surface area contributed by atoms with Gasteiger partial charge in [0.25, 0.3) is 0 Å². The Morgan fingerprint density at radius 1 is 1.25 bits per heavy atom. The first-order valence-corrected chi connectivity index (χ1v) is 7.87. The maximum atomic E-state index is 12.4. The zero-order chi connectivity index (χ0) is 13.8. The van der Waals surface area contributed by atoms with E-state index in [1.165, 1.54) is 0 Å². The summed E-state index contributed by atoms with van der Waals surface area (Å²) in [6, 6.07) is 14.1. The first-order valence-electron chi connectivity index (χ1n) is 6.82. The van der Waals surface area contributed by atoms with Crippen LogP contribution in [0, 0.1) is 0 Å². The van der Waals surface area contributed by atoms with Crippen LogP contribution in [-0.4, -0.2) is 11.9 Å². The van der Waals surface area contributed by atoms with Crippen molar-refractivity contribution in [2.75, 3.05) is 0 Å². The van der Waals surface area contributed by atoms with E-state index in [0.717, 1.165) is 24.2 Å². The molecule has 0 saturated heterocycles. The summed E-state index contributed by atoms with van der Waals surface area (Å²) in [4.78, 5) is 12.4. The highest BCUT2D eigenvalue weighted by Crippen LogP contribution is 2.33. The lowest BCUT2D eigenvalue weighted by Gasteiger charge is -2.16. The topological polar surface area (TPSA) is 42.2 Å². The van der Waals surface area contributed by atoms with Gasteiger partial charge in [-0.25, -0.2) is 0 Å². The smallest absolute Gasteiger partial charge is 0.237 e. The molecule has 1 saturated carbocycles. The van der Waals surface area contributed by atoms with Crippen molar-refractivity contribution in [3.05, 3.63) is 60.1 Å². The molecule has 3 nitrogen and oxygen atoms in total. The number of hydrogen-bond donors (Lipinski definition) is 1. The second-order valence-corrected chi connectivity index (χ2v) is 6.06. The summed E-state index contributed by atoms with van der Waals surface area (Å²) in [5.41, 5.74) is 1.04. The van der Waals surface area contributed by atoms with Gasteiger partial charge in [-0.2, -0.15) is 0 Å². The summed E-state index contributed by atoms with van der Waals surface area (Å²) in [5.74, 6) is 1.70. The number of benzene rings is 1. The summed E-state index contributed by atoms with van der Waals surface area (Å²) < 4.78 is 5.34. The average molecular weight is 287 g/mol. The lowest BCUT2D eigenvalue weighted by atomic mass is 10.1. The maximum absolute atomic E-state index is 12.4. The molecule has 0 aliphatic heterocycles. The van der Waals surface area contributed by atoms with Crippen LogP contribution in [0.15, 0.2) is 53.1 Å². The van der Waals surface area contributed by atoms with E-state index in [2.05, 4.69) is 5.32 Å². The Labute approximate surface area is 122 Å². The van der Waals surface area contributed by atoms with Gasteiger partial charge < -0.3 is 9.73 Å². The molecule has 0 unspecified atom stereocenters. The number of carbonyl (C=O) groups excluding carboxylic acids is 1. The normalized spacial score (nSPS) is 15.8. The molecule has 1 N–H and O–H groups in total. The standard InChI is InChI=1S/C16H17NO2S/c18-16(17-13-8-9-13)15(12-5-2-1-3-6-12)20-11-14-7-4-10-19-14/h1-7,10,13,15H,8-9,11H2,(H,17,18)/t15-/m0/s1. The van der Waals surface area contributed by atoms with Gasteiger partial charge in [0, 0.05) is 6.04 Å². The molecule has 3 rings (SSSR count). The predicted molar refractivity (Wildman–Crippen MR) is 80.4 cm³/mol. The van der Waals surface area contributed by atoms with Crippen molar-refractivity contribution in [1.82, 2.24) is 5.32 Å². The van der Waals surface area contributed by atoms with Crippen molar-refractivity contribution in [1.29, 1.82) is 0 Å². The van der Waals surface area contributed by atoms with Gasteiger partial charge in [-0.05, 0) is 30.5 Å². The maximum Gasteiger partial charge on any atom is 0.237 e. The van der Waals surface area contributed by atoms with E-state index in [-0.39, 0.29) is 11.2 Å². The minimum absolute atomic E-state index is 0.107. The lowest BCUT2D eigenvalue weighted by Crippen LogP contribution is -2.29. The number of nitrogens with one attached hydrogen (secondary N) is 1. The number of hydrogen-bond acceptors (Lipinski definition) is 3. The highest BCUT2D eigenvalue weighted by molar-refractivity contribution is 7.99. The molecule has 1 heterocycles. The summed E-state index contributed by atoms with van der Waals surface area (Å²) in [6.45, 7) is 0. The number of furan rings is 1. The minimum atomic E-state index is -0.179. The van der Waals surface area contributed by atoms with Gasteiger partial charge in [0.2, 0.25) is 5.91 Å². The van der Waals surface area contributed by atoms with Crippen LogP contribution in [0.5, 0.6) is 0 Å². The highest BCUT2D eigenvalue weighted by atomic mass is 32.2. The van der Waals surface area contributed by atoms with Crippen LogP contribution >= 0.6 is 11.8 Å². The van der Waals surface area contributed by atoms with Crippen LogP contribution in [0.4, 0.5) is 0 Å². The van der Waals surface area contributed by atoms with Gasteiger partial charge in [-0.1, -0.05) is 30.3 Å².